The fourth-order valence-electron chi connectivity index (χ4n) is 6.38. The van der Waals surface area contributed by atoms with Crippen LogP contribution in [0.1, 0.15) is 61.9 Å². The molecule has 38 heavy (non-hydrogen) atoms. The van der Waals surface area contributed by atoms with Crippen LogP contribution < -0.4 is 15.4 Å². The van der Waals surface area contributed by atoms with Crippen LogP contribution in [-0.2, 0) is 9.59 Å². The number of benzene rings is 1. The van der Waals surface area contributed by atoms with E-state index in [1.807, 2.05) is 12.1 Å². The summed E-state index contributed by atoms with van der Waals surface area (Å²) in [7, 11) is 1.56. The number of amides is 3. The first kappa shape index (κ1) is 26.0. The number of ether oxygens (including phenoxy) is 1. The summed E-state index contributed by atoms with van der Waals surface area (Å²) in [6.45, 7) is 0.736. The van der Waals surface area contributed by atoms with Gasteiger partial charge in [-0.1, -0.05) is 18.9 Å². The number of carbonyl (C=O) groups is 3. The summed E-state index contributed by atoms with van der Waals surface area (Å²) in [6.07, 6.45) is 4.18. The predicted octanol–water partition coefficient (Wildman–Crippen LogP) is 3.21. The maximum atomic E-state index is 16.1. The van der Waals surface area contributed by atoms with Crippen molar-refractivity contribution in [2.75, 3.05) is 20.2 Å². The van der Waals surface area contributed by atoms with Crippen LogP contribution in [0.3, 0.4) is 0 Å². The van der Waals surface area contributed by atoms with Crippen LogP contribution in [-0.4, -0.2) is 65.6 Å². The molecule has 1 aromatic heterocycles. The molecule has 5 rings (SSSR count). The molecule has 1 aromatic carbocycles. The molecule has 0 spiro atoms. The number of nitriles is 1. The molecule has 0 radical (unpaired) electrons. The number of hydrogen-bond donors (Lipinski definition) is 3. The zero-order chi connectivity index (χ0) is 26.9. The van der Waals surface area contributed by atoms with E-state index in [1.54, 1.807) is 19.2 Å². The number of nitrogens with zero attached hydrogens (tertiary/aromatic N) is 2. The molecule has 0 unspecified atom stereocenters. The summed E-state index contributed by atoms with van der Waals surface area (Å²) in [5.74, 6) is -1.17. The number of nitrogens with one attached hydrogen (secondary N) is 3. The Hall–Kier alpha value is -3.61. The topological polar surface area (TPSA) is 127 Å². The van der Waals surface area contributed by atoms with Crippen molar-refractivity contribution in [2.24, 2.45) is 11.8 Å². The minimum absolute atomic E-state index is 0.110. The van der Waals surface area contributed by atoms with Gasteiger partial charge in [0.1, 0.15) is 29.2 Å². The van der Waals surface area contributed by atoms with Crippen molar-refractivity contribution < 1.29 is 23.5 Å². The normalized spacial score (nSPS) is 28.1. The molecule has 2 aromatic rings. The maximum absolute atomic E-state index is 16.1. The van der Waals surface area contributed by atoms with Crippen LogP contribution in [0.5, 0.6) is 5.75 Å². The van der Waals surface area contributed by atoms with E-state index < -0.39 is 29.6 Å². The lowest BCUT2D eigenvalue weighted by atomic mass is 9.70. The predicted molar refractivity (Wildman–Crippen MR) is 138 cm³/mol. The zero-order valence-electron chi connectivity index (χ0n) is 21.6. The molecular formula is C28H34FN5O4. The van der Waals surface area contributed by atoms with E-state index >= 15 is 4.39 Å². The average molecular weight is 524 g/mol. The van der Waals surface area contributed by atoms with Crippen molar-refractivity contribution in [3.8, 4) is 11.8 Å². The highest BCUT2D eigenvalue weighted by Crippen LogP contribution is 2.45. The van der Waals surface area contributed by atoms with E-state index in [0.717, 1.165) is 30.2 Å². The minimum Gasteiger partial charge on any atom is -0.496 e. The molecule has 3 amide bonds. The lowest BCUT2D eigenvalue weighted by molar-refractivity contribution is -0.134. The molecule has 9 nitrogen and oxygen atoms in total. The maximum Gasteiger partial charge on any atom is 0.270 e. The molecular weight excluding hydrogens is 489 g/mol. The van der Waals surface area contributed by atoms with Crippen LogP contribution in [0.15, 0.2) is 24.3 Å². The first-order chi connectivity index (χ1) is 18.3. The van der Waals surface area contributed by atoms with Crippen LogP contribution in [0.2, 0.25) is 0 Å². The third kappa shape index (κ3) is 4.94. The van der Waals surface area contributed by atoms with Crippen molar-refractivity contribution in [1.82, 2.24) is 20.5 Å². The summed E-state index contributed by atoms with van der Waals surface area (Å²) in [5.41, 5.74) is -0.523. The number of H-pyrrole nitrogens is 1. The van der Waals surface area contributed by atoms with Crippen LogP contribution in [0, 0.1) is 23.2 Å². The second-order valence-corrected chi connectivity index (χ2v) is 10.8. The number of likely N-dealkylation sites (tertiary alicyclic amines) is 1. The Morgan fingerprint density at radius 2 is 2.16 bits per heavy atom. The molecule has 5 atom stereocenters. The summed E-state index contributed by atoms with van der Waals surface area (Å²) in [5, 5.41) is 16.0. The Kier molecular flexibility index (Phi) is 7.28. The number of aromatic nitrogens is 1. The number of fused-ring (bicyclic) bond motifs is 2. The zero-order valence-corrected chi connectivity index (χ0v) is 21.6. The van der Waals surface area contributed by atoms with Crippen molar-refractivity contribution in [3.63, 3.8) is 0 Å². The van der Waals surface area contributed by atoms with Crippen LogP contribution in [0.25, 0.3) is 10.9 Å². The monoisotopic (exact) mass is 523 g/mol. The fourth-order valence-corrected chi connectivity index (χ4v) is 6.38. The SMILES string of the molecule is COc1cccc2[nH]c(C(=O)N3C[C@@H]4CCCC[C@]4(F)C[C@H]3C(=O)N[C@H](C#N)C[C@@H]3CCCNC3=O)cc12. The van der Waals surface area contributed by atoms with E-state index in [2.05, 4.69) is 21.7 Å². The molecule has 0 bridgehead atoms. The first-order valence-electron chi connectivity index (χ1n) is 13.5. The summed E-state index contributed by atoms with van der Waals surface area (Å²) < 4.78 is 21.5. The van der Waals surface area contributed by atoms with Gasteiger partial charge in [0.25, 0.3) is 5.91 Å². The smallest absolute Gasteiger partial charge is 0.270 e. The van der Waals surface area contributed by atoms with E-state index in [-0.39, 0.29) is 37.1 Å². The number of alkyl halides is 1. The Morgan fingerprint density at radius 1 is 1.32 bits per heavy atom. The van der Waals surface area contributed by atoms with Gasteiger partial charge < -0.3 is 25.3 Å². The second-order valence-electron chi connectivity index (χ2n) is 10.8. The Labute approximate surface area is 221 Å². The van der Waals surface area contributed by atoms with Gasteiger partial charge in [0.15, 0.2) is 0 Å². The van der Waals surface area contributed by atoms with Gasteiger partial charge in [-0.15, -0.1) is 0 Å². The van der Waals surface area contributed by atoms with Crippen molar-refractivity contribution in [3.05, 3.63) is 30.0 Å². The van der Waals surface area contributed by atoms with Gasteiger partial charge in [-0.2, -0.15) is 5.26 Å². The number of aromatic amines is 1. The molecule has 1 aliphatic carbocycles. The molecule has 10 heteroatoms. The number of rotatable bonds is 6. The quantitative estimate of drug-likeness (QED) is 0.536. The summed E-state index contributed by atoms with van der Waals surface area (Å²) in [4.78, 5) is 44.2. The van der Waals surface area contributed by atoms with Gasteiger partial charge in [-0.05, 0) is 50.3 Å². The van der Waals surface area contributed by atoms with Crippen molar-refractivity contribution in [1.29, 1.82) is 5.26 Å². The molecule has 2 aliphatic heterocycles. The summed E-state index contributed by atoms with van der Waals surface area (Å²) in [6, 6.07) is 7.26. The third-order valence-corrected chi connectivity index (χ3v) is 8.48. The van der Waals surface area contributed by atoms with E-state index in [0.29, 0.717) is 37.3 Å². The average Bonchev–Trinajstić information content (AvgIpc) is 3.37. The number of halogens is 1. The van der Waals surface area contributed by atoms with Crippen molar-refractivity contribution >= 4 is 28.6 Å². The first-order valence-corrected chi connectivity index (χ1v) is 13.5. The number of piperidine rings is 2. The third-order valence-electron chi connectivity index (χ3n) is 8.48. The van der Waals surface area contributed by atoms with Crippen molar-refractivity contribution in [2.45, 2.75) is 69.1 Å². The number of methoxy groups -OCH3 is 1. The van der Waals surface area contributed by atoms with Gasteiger partial charge in [0.05, 0.1) is 13.2 Å². The van der Waals surface area contributed by atoms with Gasteiger partial charge in [0.2, 0.25) is 11.8 Å². The molecule has 3 aliphatic rings. The molecule has 202 valence electrons. The Balaban J connectivity index is 1.40. The molecule has 3 N–H and O–H groups in total. The fraction of sp³-hybridized carbons (Fsp3) is 0.571. The lowest BCUT2D eigenvalue weighted by Crippen LogP contribution is -2.62. The van der Waals surface area contributed by atoms with Crippen LogP contribution in [0.4, 0.5) is 4.39 Å². The van der Waals surface area contributed by atoms with Gasteiger partial charge in [-0.3, -0.25) is 14.4 Å². The number of carbonyl (C=O) groups excluding carboxylic acids is 3. The van der Waals surface area contributed by atoms with E-state index in [1.165, 1.54) is 4.90 Å². The minimum atomic E-state index is -1.54. The highest BCUT2D eigenvalue weighted by atomic mass is 19.1. The van der Waals surface area contributed by atoms with E-state index in [4.69, 9.17) is 4.74 Å². The Bertz CT molecular complexity index is 1270. The Morgan fingerprint density at radius 3 is 2.92 bits per heavy atom. The highest BCUT2D eigenvalue weighted by molar-refractivity contribution is 6.01. The molecule has 1 saturated carbocycles. The standard InChI is InChI=1S/C28H34FN5O4/c1-38-24-9-4-8-21-20(24)13-22(33-21)27(37)34-16-18-7-2-3-10-28(18,29)14-23(34)26(36)32-19(15-30)12-17-6-5-11-31-25(17)35/h4,8-9,13,17-19,23,33H,2-3,5-7,10-12,14,16H2,1H3,(H,31,35)(H,32,36)/t17-,18-,19-,23-,28-/m0/s1. The van der Waals surface area contributed by atoms with E-state index in [9.17, 15) is 19.6 Å². The van der Waals surface area contributed by atoms with Gasteiger partial charge >= 0.3 is 0 Å². The molecule has 2 saturated heterocycles. The van der Waals surface area contributed by atoms with Crippen LogP contribution >= 0.6 is 0 Å². The summed E-state index contributed by atoms with van der Waals surface area (Å²) >= 11 is 0. The molecule has 3 fully saturated rings. The second kappa shape index (κ2) is 10.6. The highest BCUT2D eigenvalue weighted by Gasteiger charge is 2.52. The molecule has 3 heterocycles. The van der Waals surface area contributed by atoms with Gasteiger partial charge in [0, 0.05) is 42.2 Å². The largest absolute Gasteiger partial charge is 0.496 e. The number of hydrogen-bond acceptors (Lipinski definition) is 5. The van der Waals surface area contributed by atoms with Gasteiger partial charge in [-0.25, -0.2) is 4.39 Å². The lowest BCUT2D eigenvalue weighted by Gasteiger charge is -2.49.